The van der Waals surface area contributed by atoms with Crippen molar-refractivity contribution in [3.05, 3.63) is 70.8 Å². The quantitative estimate of drug-likeness (QED) is 0.612. The van der Waals surface area contributed by atoms with Crippen LogP contribution in [0.1, 0.15) is 34.6 Å². The Kier molecular flexibility index (Phi) is 6.40. The minimum Gasteiger partial charge on any atom is -0.367 e. The molecule has 1 fully saturated rings. The van der Waals surface area contributed by atoms with Crippen LogP contribution >= 0.6 is 0 Å². The highest BCUT2D eigenvalue weighted by Gasteiger charge is 2.47. The fourth-order valence-electron chi connectivity index (χ4n) is 3.27. The van der Waals surface area contributed by atoms with Crippen molar-refractivity contribution in [2.75, 3.05) is 6.61 Å². The van der Waals surface area contributed by atoms with Gasteiger partial charge in [-0.15, -0.1) is 0 Å². The number of hydrogen-bond donors (Lipinski definition) is 1. The van der Waals surface area contributed by atoms with Gasteiger partial charge in [-0.3, -0.25) is 4.79 Å². The van der Waals surface area contributed by atoms with E-state index in [9.17, 15) is 31.1 Å². The lowest BCUT2D eigenvalue weighted by atomic mass is 10.0. The van der Waals surface area contributed by atoms with Gasteiger partial charge in [-0.2, -0.15) is 26.3 Å². The maximum atomic E-state index is 13.1. The monoisotopic (exact) mass is 431 g/mol. The van der Waals surface area contributed by atoms with Crippen LogP contribution in [0, 0.1) is 5.92 Å². The first kappa shape index (κ1) is 22.1. The maximum Gasteiger partial charge on any atom is 0.416 e. The molecule has 2 aromatic carbocycles. The molecule has 2 atom stereocenters. The molecule has 3 rings (SSSR count). The van der Waals surface area contributed by atoms with Crippen molar-refractivity contribution < 1.29 is 35.9 Å². The zero-order valence-corrected chi connectivity index (χ0v) is 15.7. The molecule has 1 N–H and O–H groups in total. The second-order valence-electron chi connectivity index (χ2n) is 7.18. The number of carbonyl (C=O) groups is 1. The summed E-state index contributed by atoms with van der Waals surface area (Å²) >= 11 is 0. The average molecular weight is 431 g/mol. The summed E-state index contributed by atoms with van der Waals surface area (Å²) in [6, 6.07) is 11.8. The molecule has 0 spiro atoms. The van der Waals surface area contributed by atoms with Crippen LogP contribution < -0.4 is 5.32 Å². The first-order chi connectivity index (χ1) is 14.0. The zero-order chi connectivity index (χ0) is 21.9. The Morgan fingerprint density at radius 1 is 0.967 bits per heavy atom. The minimum atomic E-state index is -4.47. The molecule has 162 valence electrons. The van der Waals surface area contributed by atoms with Crippen molar-refractivity contribution >= 4 is 5.91 Å². The number of alkyl halides is 6. The summed E-state index contributed by atoms with van der Waals surface area (Å²) in [6.45, 7) is -1.34. The summed E-state index contributed by atoms with van der Waals surface area (Å²) in [5.74, 6) is -1.30. The predicted molar refractivity (Wildman–Crippen MR) is 96.3 cm³/mol. The molecule has 0 radical (unpaired) electrons. The Hall–Kier alpha value is -2.55. The summed E-state index contributed by atoms with van der Waals surface area (Å²) in [5, 5.41) is 2.70. The van der Waals surface area contributed by atoms with Crippen molar-refractivity contribution in [1.82, 2.24) is 5.32 Å². The van der Waals surface area contributed by atoms with Gasteiger partial charge in [-0.25, -0.2) is 0 Å². The highest BCUT2D eigenvalue weighted by atomic mass is 19.4. The fraction of sp³-hybridized carbons (Fsp3) is 0.381. The Labute approximate surface area is 169 Å². The Morgan fingerprint density at radius 3 is 2.23 bits per heavy atom. The van der Waals surface area contributed by atoms with Crippen molar-refractivity contribution in [3.63, 3.8) is 0 Å². The van der Waals surface area contributed by atoms with Gasteiger partial charge in [0.2, 0.25) is 5.91 Å². The van der Waals surface area contributed by atoms with E-state index >= 15 is 0 Å². The maximum absolute atomic E-state index is 13.1. The number of nitrogens with one attached hydrogen (secondary N) is 1. The number of hydrogen-bond acceptors (Lipinski definition) is 2. The lowest BCUT2D eigenvalue weighted by molar-refractivity contribution is -0.176. The van der Waals surface area contributed by atoms with Gasteiger partial charge in [0.15, 0.2) is 0 Å². The number of ether oxygens (including phenoxy) is 1. The highest BCUT2D eigenvalue weighted by molar-refractivity contribution is 5.83. The van der Waals surface area contributed by atoms with Crippen molar-refractivity contribution in [2.45, 2.75) is 37.8 Å². The van der Waals surface area contributed by atoms with Crippen molar-refractivity contribution in [3.8, 4) is 0 Å². The third-order valence-electron chi connectivity index (χ3n) is 4.82. The lowest BCUT2D eigenvalue weighted by Gasteiger charge is -2.12. The smallest absolute Gasteiger partial charge is 0.367 e. The molecule has 0 aliphatic heterocycles. The normalized spacial score (nSPS) is 18.9. The van der Waals surface area contributed by atoms with Gasteiger partial charge in [0.25, 0.3) is 0 Å². The second kappa shape index (κ2) is 8.67. The van der Waals surface area contributed by atoms with Crippen LogP contribution in [0.25, 0.3) is 0 Å². The lowest BCUT2D eigenvalue weighted by Crippen LogP contribution is -2.25. The van der Waals surface area contributed by atoms with Crippen LogP contribution in [0.4, 0.5) is 26.3 Å². The van der Waals surface area contributed by atoms with E-state index in [-0.39, 0.29) is 24.6 Å². The number of benzene rings is 2. The average Bonchev–Trinajstić information content (AvgIpc) is 3.46. The van der Waals surface area contributed by atoms with Gasteiger partial charge >= 0.3 is 12.4 Å². The molecule has 9 heteroatoms. The molecule has 30 heavy (non-hydrogen) atoms. The topological polar surface area (TPSA) is 38.3 Å². The van der Waals surface area contributed by atoms with Gasteiger partial charge in [0.1, 0.15) is 6.61 Å². The number of rotatable bonds is 7. The molecular formula is C21H19F6NO2. The fourth-order valence-corrected chi connectivity index (χ4v) is 3.27. The molecule has 1 saturated carbocycles. The standard InChI is InChI=1S/C21H19F6NO2/c22-20(23,24)12-30-11-14-7-5-13(6-8-14)10-28-19(29)17-9-16(17)15-3-1-2-4-18(15)21(25,26)27/h1-8,16-17H,9-12H2,(H,28,29). The largest absolute Gasteiger partial charge is 0.416 e. The molecule has 0 heterocycles. The van der Waals surface area contributed by atoms with Crippen molar-refractivity contribution in [1.29, 1.82) is 0 Å². The Bertz CT molecular complexity index is 876. The molecule has 0 bridgehead atoms. The minimum absolute atomic E-state index is 0.133. The molecular weight excluding hydrogens is 412 g/mol. The van der Waals surface area contributed by atoms with E-state index < -0.39 is 36.4 Å². The van der Waals surface area contributed by atoms with Crippen LogP contribution in [-0.4, -0.2) is 18.7 Å². The molecule has 3 nitrogen and oxygen atoms in total. The third kappa shape index (κ3) is 5.98. The molecule has 0 saturated heterocycles. The van der Waals surface area contributed by atoms with Gasteiger partial charge in [0, 0.05) is 12.5 Å². The SMILES string of the molecule is O=C(NCc1ccc(COCC(F)(F)F)cc1)C1CC1c1ccccc1C(F)(F)F. The van der Waals surface area contributed by atoms with Gasteiger partial charge in [-0.05, 0) is 35.1 Å². The van der Waals surface area contributed by atoms with Crippen LogP contribution in [0.3, 0.4) is 0 Å². The Morgan fingerprint density at radius 2 is 1.60 bits per heavy atom. The van der Waals surface area contributed by atoms with E-state index in [4.69, 9.17) is 0 Å². The molecule has 2 unspecified atom stereocenters. The molecule has 1 amide bonds. The molecule has 1 aliphatic carbocycles. The van der Waals surface area contributed by atoms with Crippen LogP contribution in [0.5, 0.6) is 0 Å². The summed E-state index contributed by atoms with van der Waals surface area (Å²) < 4.78 is 80.2. The molecule has 1 aliphatic rings. The first-order valence-corrected chi connectivity index (χ1v) is 9.21. The van der Waals surface area contributed by atoms with E-state index in [1.165, 1.54) is 18.2 Å². The summed E-state index contributed by atoms with van der Waals surface area (Å²) in [4.78, 5) is 12.3. The van der Waals surface area contributed by atoms with E-state index in [0.29, 0.717) is 12.0 Å². The second-order valence-corrected chi connectivity index (χ2v) is 7.18. The summed E-state index contributed by atoms with van der Waals surface area (Å²) in [5.41, 5.74) is 0.693. The number of carbonyl (C=O) groups excluding carboxylic acids is 1. The third-order valence-corrected chi connectivity index (χ3v) is 4.82. The van der Waals surface area contributed by atoms with E-state index in [1.807, 2.05) is 0 Å². The molecule has 0 aromatic heterocycles. The van der Waals surface area contributed by atoms with Gasteiger partial charge in [0.05, 0.1) is 12.2 Å². The predicted octanol–water partition coefficient (Wildman–Crippen LogP) is 5.20. The Balaban J connectivity index is 1.49. The van der Waals surface area contributed by atoms with E-state index in [0.717, 1.165) is 11.6 Å². The van der Waals surface area contributed by atoms with Crippen LogP contribution in [0.15, 0.2) is 48.5 Å². The highest BCUT2D eigenvalue weighted by Crippen LogP contribution is 2.51. The zero-order valence-electron chi connectivity index (χ0n) is 15.7. The van der Waals surface area contributed by atoms with Crippen LogP contribution in [-0.2, 0) is 28.9 Å². The molecule has 2 aromatic rings. The number of halogens is 6. The van der Waals surface area contributed by atoms with Crippen molar-refractivity contribution in [2.24, 2.45) is 5.92 Å². The van der Waals surface area contributed by atoms with Gasteiger partial charge in [-0.1, -0.05) is 42.5 Å². The van der Waals surface area contributed by atoms with Gasteiger partial charge < -0.3 is 10.1 Å². The van der Waals surface area contributed by atoms with E-state index in [1.54, 1.807) is 24.3 Å². The number of amides is 1. The summed E-state index contributed by atoms with van der Waals surface area (Å²) in [6.07, 6.45) is -8.49. The van der Waals surface area contributed by atoms with Crippen LogP contribution in [0.2, 0.25) is 0 Å². The first-order valence-electron chi connectivity index (χ1n) is 9.21. The summed E-state index contributed by atoms with van der Waals surface area (Å²) in [7, 11) is 0. The van der Waals surface area contributed by atoms with E-state index in [2.05, 4.69) is 10.1 Å².